The maximum Gasteiger partial charge on any atom is 0.324 e. The normalized spacial score (nSPS) is 16.8. The van der Waals surface area contributed by atoms with Crippen LogP contribution in [0, 0.1) is 5.82 Å². The second kappa shape index (κ2) is 8.15. The number of urea groups is 1. The third-order valence-corrected chi connectivity index (χ3v) is 5.06. The Morgan fingerprint density at radius 1 is 1.07 bits per heavy atom. The van der Waals surface area contributed by atoms with Gasteiger partial charge in [0, 0.05) is 44.5 Å². The van der Waals surface area contributed by atoms with Crippen LogP contribution in [0.25, 0.3) is 0 Å². The Hall–Kier alpha value is -2.31. The van der Waals surface area contributed by atoms with Crippen LogP contribution in [0.4, 0.5) is 20.6 Å². The number of carbonyl (C=O) groups is 1. The number of halogens is 2. The summed E-state index contributed by atoms with van der Waals surface area (Å²) in [5.41, 5.74) is 4.06. The van der Waals surface area contributed by atoms with Crippen molar-refractivity contribution in [2.24, 2.45) is 0 Å². The summed E-state index contributed by atoms with van der Waals surface area (Å²) in [7, 11) is 1.82. The van der Waals surface area contributed by atoms with E-state index in [-0.39, 0.29) is 24.3 Å². The molecular weight excluding hydrogens is 367 g/mol. The van der Waals surface area contributed by atoms with Gasteiger partial charge in [-0.25, -0.2) is 9.18 Å². The number of nitrogens with one attached hydrogen (secondary N) is 1. The number of benzene rings is 2. The Morgan fingerprint density at radius 2 is 1.78 bits per heavy atom. The number of piperazine rings is 1. The quantitative estimate of drug-likeness (QED) is 0.874. The van der Waals surface area contributed by atoms with Gasteiger partial charge in [0.05, 0.1) is 18.8 Å². The lowest BCUT2D eigenvalue weighted by molar-refractivity contribution is 0.210. The number of rotatable bonds is 3. The molecule has 2 heterocycles. The monoisotopic (exact) mass is 390 g/mol. The first-order chi connectivity index (χ1) is 12.6. The summed E-state index contributed by atoms with van der Waals surface area (Å²) in [6.07, 6.45) is 0. The van der Waals surface area contributed by atoms with Gasteiger partial charge in [0.1, 0.15) is 5.82 Å². The minimum atomic E-state index is -0.282. The average Bonchev–Trinajstić information content (AvgIpc) is 2.66. The van der Waals surface area contributed by atoms with Gasteiger partial charge >= 0.3 is 6.03 Å². The fraction of sp³-hybridized carbons (Fsp3) is 0.350. The molecule has 0 radical (unpaired) electrons. The van der Waals surface area contributed by atoms with Gasteiger partial charge < -0.3 is 15.1 Å². The maximum absolute atomic E-state index is 13.6. The first-order valence-corrected chi connectivity index (χ1v) is 8.98. The number of hydrogen-bond acceptors (Lipinski definition) is 3. The zero-order valence-corrected chi connectivity index (χ0v) is 16.1. The summed E-state index contributed by atoms with van der Waals surface area (Å²) < 4.78 is 13.6. The Morgan fingerprint density at radius 3 is 2.52 bits per heavy atom. The van der Waals surface area contributed by atoms with E-state index in [1.54, 1.807) is 15.9 Å². The molecule has 2 aromatic rings. The molecule has 2 aliphatic rings. The van der Waals surface area contributed by atoms with E-state index in [9.17, 15) is 9.18 Å². The fourth-order valence-corrected chi connectivity index (χ4v) is 3.76. The number of anilines is 2. The van der Waals surface area contributed by atoms with E-state index in [1.165, 1.54) is 17.8 Å². The number of carbonyl (C=O) groups excluding carboxylic acids is 1. The van der Waals surface area contributed by atoms with Crippen molar-refractivity contribution >= 4 is 29.8 Å². The smallest absolute Gasteiger partial charge is 0.324 e. The standard InChI is InChI=1S/C20H23FN4O.ClH/c1-23-14-17-18(24-10-8-22-9-11-24)6-3-7-19(17)25(20(23)26)13-15-4-2-5-16(21)12-15;/h2-7,12,22H,8-11,13-14H2,1H3;1H. The summed E-state index contributed by atoms with van der Waals surface area (Å²) in [5.74, 6) is -0.282. The zero-order valence-electron chi connectivity index (χ0n) is 15.3. The molecule has 144 valence electrons. The molecular formula is C20H24ClFN4O. The molecule has 0 aromatic heterocycles. The zero-order chi connectivity index (χ0) is 18.1. The van der Waals surface area contributed by atoms with Crippen molar-refractivity contribution in [2.75, 3.05) is 43.0 Å². The molecule has 1 fully saturated rings. The predicted molar refractivity (Wildman–Crippen MR) is 108 cm³/mol. The third kappa shape index (κ3) is 3.87. The van der Waals surface area contributed by atoms with Gasteiger partial charge in [-0.05, 0) is 29.8 Å². The van der Waals surface area contributed by atoms with Gasteiger partial charge in [0.25, 0.3) is 0 Å². The third-order valence-electron chi connectivity index (χ3n) is 5.06. The fourth-order valence-electron chi connectivity index (χ4n) is 3.76. The number of amides is 2. The Bertz CT molecular complexity index is 825. The van der Waals surface area contributed by atoms with Gasteiger partial charge in [0.2, 0.25) is 0 Å². The molecule has 7 heteroatoms. The topological polar surface area (TPSA) is 38.8 Å². The van der Waals surface area contributed by atoms with Crippen molar-refractivity contribution in [3.63, 3.8) is 0 Å². The summed E-state index contributed by atoms with van der Waals surface area (Å²) in [6, 6.07) is 12.5. The average molecular weight is 391 g/mol. The van der Waals surface area contributed by atoms with Gasteiger partial charge in [-0.3, -0.25) is 4.90 Å². The first kappa shape index (κ1) is 19.5. The molecule has 2 aliphatic heterocycles. The van der Waals surface area contributed by atoms with Crippen molar-refractivity contribution in [3.8, 4) is 0 Å². The van der Waals surface area contributed by atoms with Crippen LogP contribution >= 0.6 is 12.4 Å². The molecule has 1 N–H and O–H groups in total. The minimum Gasteiger partial charge on any atom is -0.369 e. The Labute approximate surface area is 165 Å². The molecule has 4 rings (SSSR count). The van der Waals surface area contributed by atoms with Crippen molar-refractivity contribution in [1.82, 2.24) is 10.2 Å². The van der Waals surface area contributed by atoms with E-state index in [1.807, 2.05) is 25.2 Å². The van der Waals surface area contributed by atoms with Crippen LogP contribution in [-0.2, 0) is 13.1 Å². The van der Waals surface area contributed by atoms with E-state index in [4.69, 9.17) is 0 Å². The lowest BCUT2D eigenvalue weighted by Gasteiger charge is -2.39. The van der Waals surface area contributed by atoms with Crippen LogP contribution in [0.15, 0.2) is 42.5 Å². The van der Waals surface area contributed by atoms with Crippen molar-refractivity contribution in [1.29, 1.82) is 0 Å². The Balaban J connectivity index is 0.00000210. The molecule has 2 aromatic carbocycles. The van der Waals surface area contributed by atoms with E-state index in [0.717, 1.165) is 43.0 Å². The van der Waals surface area contributed by atoms with Crippen LogP contribution in [0.5, 0.6) is 0 Å². The summed E-state index contributed by atoms with van der Waals surface area (Å²) in [6.45, 7) is 4.79. The SMILES string of the molecule is CN1Cc2c(N3CCNCC3)cccc2N(Cc2cccc(F)c2)C1=O.Cl. The minimum absolute atomic E-state index is 0. The molecule has 0 saturated carbocycles. The van der Waals surface area contributed by atoms with Gasteiger partial charge in [-0.15, -0.1) is 12.4 Å². The van der Waals surface area contributed by atoms with Crippen LogP contribution in [0.2, 0.25) is 0 Å². The molecule has 0 spiro atoms. The van der Waals surface area contributed by atoms with Crippen LogP contribution < -0.4 is 15.1 Å². The second-order valence-corrected chi connectivity index (χ2v) is 6.87. The highest BCUT2D eigenvalue weighted by Crippen LogP contribution is 2.36. The highest BCUT2D eigenvalue weighted by Gasteiger charge is 2.31. The van der Waals surface area contributed by atoms with Crippen molar-refractivity contribution < 1.29 is 9.18 Å². The van der Waals surface area contributed by atoms with Crippen LogP contribution in [-0.4, -0.2) is 44.2 Å². The highest BCUT2D eigenvalue weighted by atomic mass is 35.5. The largest absolute Gasteiger partial charge is 0.369 e. The molecule has 2 amide bonds. The van der Waals surface area contributed by atoms with E-state index >= 15 is 0 Å². The summed E-state index contributed by atoms with van der Waals surface area (Å²) >= 11 is 0. The van der Waals surface area contributed by atoms with Gasteiger partial charge in [-0.1, -0.05) is 18.2 Å². The number of hydrogen-bond donors (Lipinski definition) is 1. The van der Waals surface area contributed by atoms with Crippen molar-refractivity contribution in [2.45, 2.75) is 13.1 Å². The maximum atomic E-state index is 13.6. The first-order valence-electron chi connectivity index (χ1n) is 8.98. The summed E-state index contributed by atoms with van der Waals surface area (Å²) in [4.78, 5) is 18.7. The summed E-state index contributed by atoms with van der Waals surface area (Å²) in [5, 5.41) is 3.37. The molecule has 1 saturated heterocycles. The van der Waals surface area contributed by atoms with E-state index in [0.29, 0.717) is 13.1 Å². The highest BCUT2D eigenvalue weighted by molar-refractivity contribution is 5.96. The van der Waals surface area contributed by atoms with E-state index in [2.05, 4.69) is 16.3 Å². The van der Waals surface area contributed by atoms with Crippen LogP contribution in [0.1, 0.15) is 11.1 Å². The second-order valence-electron chi connectivity index (χ2n) is 6.87. The molecule has 0 unspecified atom stereocenters. The van der Waals surface area contributed by atoms with Gasteiger partial charge in [0.15, 0.2) is 0 Å². The predicted octanol–water partition coefficient (Wildman–Crippen LogP) is 3.23. The van der Waals surface area contributed by atoms with E-state index < -0.39 is 0 Å². The molecule has 27 heavy (non-hydrogen) atoms. The van der Waals surface area contributed by atoms with Gasteiger partial charge in [-0.2, -0.15) is 0 Å². The lowest BCUT2D eigenvalue weighted by Crippen LogP contribution is -2.47. The Kier molecular flexibility index (Phi) is 5.87. The molecule has 0 aliphatic carbocycles. The molecule has 5 nitrogen and oxygen atoms in total. The number of fused-ring (bicyclic) bond motifs is 1. The van der Waals surface area contributed by atoms with Crippen LogP contribution in [0.3, 0.4) is 0 Å². The molecule has 0 bridgehead atoms. The lowest BCUT2D eigenvalue weighted by atomic mass is 10.0. The number of nitrogens with zero attached hydrogens (tertiary/aromatic N) is 3. The molecule has 0 atom stereocenters. The van der Waals surface area contributed by atoms with Crippen molar-refractivity contribution in [3.05, 3.63) is 59.4 Å².